The first kappa shape index (κ1) is 17.2. The van der Waals surface area contributed by atoms with Crippen LogP contribution in [0.4, 0.5) is 10.5 Å². The molecule has 2 amide bonds. The third-order valence-electron chi connectivity index (χ3n) is 4.25. The Morgan fingerprint density at radius 1 is 1.20 bits per heavy atom. The van der Waals surface area contributed by atoms with E-state index in [1.807, 2.05) is 60.7 Å². The minimum Gasteiger partial charge on any atom is -0.384 e. The number of nitrogens with one attached hydrogen (secondary N) is 1. The number of para-hydroxylation sites is 1. The minimum absolute atomic E-state index is 0.274. The van der Waals surface area contributed by atoms with Crippen LogP contribution in [0.1, 0.15) is 18.5 Å². The zero-order valence-corrected chi connectivity index (χ0v) is 14.1. The van der Waals surface area contributed by atoms with Gasteiger partial charge in [0.25, 0.3) is 0 Å². The summed E-state index contributed by atoms with van der Waals surface area (Å²) in [6.45, 7) is 5.83. The highest BCUT2D eigenvalue weighted by Gasteiger charge is 2.42. The van der Waals surface area contributed by atoms with Crippen molar-refractivity contribution >= 4 is 11.7 Å². The summed E-state index contributed by atoms with van der Waals surface area (Å²) in [6.07, 6.45) is -1.72. The number of ether oxygens (including phenoxy) is 1. The average molecular weight is 338 g/mol. The number of anilines is 1. The number of aliphatic hydroxyl groups is 1. The number of carbonyl (C=O) groups excluding carboxylic acids is 1. The summed E-state index contributed by atoms with van der Waals surface area (Å²) in [5.74, 6) is 0. The van der Waals surface area contributed by atoms with E-state index >= 15 is 0 Å². The fourth-order valence-corrected chi connectivity index (χ4v) is 2.91. The summed E-state index contributed by atoms with van der Waals surface area (Å²) in [6, 6.07) is 18.3. The van der Waals surface area contributed by atoms with Gasteiger partial charge in [0.2, 0.25) is 0 Å². The van der Waals surface area contributed by atoms with Gasteiger partial charge in [0.15, 0.2) is 6.23 Å². The molecule has 1 aliphatic rings. The van der Waals surface area contributed by atoms with Gasteiger partial charge >= 0.3 is 6.03 Å². The lowest BCUT2D eigenvalue weighted by molar-refractivity contribution is -0.0315. The predicted molar refractivity (Wildman–Crippen MR) is 97.0 cm³/mol. The van der Waals surface area contributed by atoms with Crippen LogP contribution in [0.3, 0.4) is 0 Å². The van der Waals surface area contributed by atoms with Crippen molar-refractivity contribution in [2.45, 2.75) is 25.3 Å². The molecule has 1 fully saturated rings. The van der Waals surface area contributed by atoms with E-state index in [1.165, 1.54) is 0 Å². The standard InChI is InChI=1S/C20H22N2O3/c1-14(2)18(23)19-22(20(24)21-16-11-7-4-8-12-16)17(13-25-19)15-9-5-3-6-10-15/h3-12,17-19,23H,1,13H2,2H3,(H,21,24)/t17-,18+,19+/m1/s1. The number of urea groups is 1. The van der Waals surface area contributed by atoms with Gasteiger partial charge in [-0.3, -0.25) is 4.90 Å². The van der Waals surface area contributed by atoms with E-state index < -0.39 is 12.3 Å². The second-order valence-corrected chi connectivity index (χ2v) is 6.15. The first-order valence-corrected chi connectivity index (χ1v) is 8.22. The van der Waals surface area contributed by atoms with Gasteiger partial charge in [0, 0.05) is 5.69 Å². The molecule has 0 bridgehead atoms. The van der Waals surface area contributed by atoms with Crippen molar-refractivity contribution in [1.82, 2.24) is 4.90 Å². The molecule has 1 saturated heterocycles. The monoisotopic (exact) mass is 338 g/mol. The Kier molecular flexibility index (Phi) is 5.16. The van der Waals surface area contributed by atoms with E-state index in [0.29, 0.717) is 17.9 Å². The van der Waals surface area contributed by atoms with Crippen LogP contribution in [0, 0.1) is 0 Å². The van der Waals surface area contributed by atoms with Crippen molar-refractivity contribution in [3.05, 3.63) is 78.4 Å². The van der Waals surface area contributed by atoms with Crippen LogP contribution in [-0.4, -0.2) is 35.0 Å². The van der Waals surface area contributed by atoms with Gasteiger partial charge in [-0.2, -0.15) is 0 Å². The molecule has 130 valence electrons. The molecule has 1 heterocycles. The van der Waals surface area contributed by atoms with E-state index in [0.717, 1.165) is 5.56 Å². The van der Waals surface area contributed by atoms with E-state index in [9.17, 15) is 9.90 Å². The maximum atomic E-state index is 12.9. The zero-order valence-electron chi connectivity index (χ0n) is 14.1. The predicted octanol–water partition coefficient (Wildman–Crippen LogP) is 3.56. The number of aliphatic hydroxyl groups excluding tert-OH is 1. The van der Waals surface area contributed by atoms with Gasteiger partial charge in [-0.15, -0.1) is 0 Å². The summed E-state index contributed by atoms with van der Waals surface area (Å²) in [4.78, 5) is 14.5. The lowest BCUT2D eigenvalue weighted by atomic mass is 10.1. The second kappa shape index (κ2) is 7.51. The molecule has 2 N–H and O–H groups in total. The zero-order chi connectivity index (χ0) is 17.8. The number of benzene rings is 2. The van der Waals surface area contributed by atoms with Gasteiger partial charge in [0.1, 0.15) is 6.10 Å². The first-order chi connectivity index (χ1) is 12.1. The van der Waals surface area contributed by atoms with Crippen LogP contribution in [0.15, 0.2) is 72.8 Å². The molecule has 0 saturated carbocycles. The van der Waals surface area contributed by atoms with E-state index in [1.54, 1.807) is 11.8 Å². The molecule has 0 radical (unpaired) electrons. The van der Waals surface area contributed by atoms with E-state index in [4.69, 9.17) is 4.74 Å². The van der Waals surface area contributed by atoms with Gasteiger partial charge in [-0.05, 0) is 30.2 Å². The van der Waals surface area contributed by atoms with Crippen molar-refractivity contribution in [1.29, 1.82) is 0 Å². The summed E-state index contributed by atoms with van der Waals surface area (Å²) in [5.41, 5.74) is 2.20. The Labute approximate surface area is 147 Å². The van der Waals surface area contributed by atoms with E-state index in [-0.39, 0.29) is 12.1 Å². The third-order valence-corrected chi connectivity index (χ3v) is 4.25. The lowest BCUT2D eigenvalue weighted by Gasteiger charge is -2.31. The number of hydrogen-bond donors (Lipinski definition) is 2. The Hall–Kier alpha value is -2.63. The Morgan fingerprint density at radius 3 is 2.40 bits per heavy atom. The molecule has 0 aliphatic carbocycles. The minimum atomic E-state index is -0.949. The number of amides is 2. The molecule has 2 aromatic carbocycles. The molecule has 0 aromatic heterocycles. The molecule has 25 heavy (non-hydrogen) atoms. The topological polar surface area (TPSA) is 61.8 Å². The van der Waals surface area contributed by atoms with Crippen molar-refractivity contribution in [3.63, 3.8) is 0 Å². The van der Waals surface area contributed by atoms with Crippen LogP contribution in [0.2, 0.25) is 0 Å². The molecule has 2 aromatic rings. The molecular formula is C20H22N2O3. The molecule has 0 unspecified atom stereocenters. The highest BCUT2D eigenvalue weighted by Crippen LogP contribution is 2.33. The smallest absolute Gasteiger partial charge is 0.324 e. The van der Waals surface area contributed by atoms with Gasteiger partial charge in [-0.1, -0.05) is 55.1 Å². The highest BCUT2D eigenvalue weighted by atomic mass is 16.5. The molecule has 1 aliphatic heterocycles. The fourth-order valence-electron chi connectivity index (χ4n) is 2.91. The van der Waals surface area contributed by atoms with Crippen LogP contribution >= 0.6 is 0 Å². The van der Waals surface area contributed by atoms with Gasteiger partial charge in [-0.25, -0.2) is 4.79 Å². The second-order valence-electron chi connectivity index (χ2n) is 6.15. The largest absolute Gasteiger partial charge is 0.384 e. The van der Waals surface area contributed by atoms with Crippen LogP contribution in [-0.2, 0) is 4.74 Å². The Balaban J connectivity index is 1.89. The van der Waals surface area contributed by atoms with Crippen LogP contribution in [0.5, 0.6) is 0 Å². The van der Waals surface area contributed by atoms with E-state index in [2.05, 4.69) is 11.9 Å². The summed E-state index contributed by atoms with van der Waals surface area (Å²) in [7, 11) is 0. The Bertz CT molecular complexity index is 733. The van der Waals surface area contributed by atoms with Crippen molar-refractivity contribution in [2.24, 2.45) is 0 Å². The molecule has 0 spiro atoms. The molecular weight excluding hydrogens is 316 g/mol. The van der Waals surface area contributed by atoms with Crippen molar-refractivity contribution in [2.75, 3.05) is 11.9 Å². The summed E-state index contributed by atoms with van der Waals surface area (Å²) >= 11 is 0. The normalized spacial score (nSPS) is 21.0. The summed E-state index contributed by atoms with van der Waals surface area (Å²) < 4.78 is 5.77. The van der Waals surface area contributed by atoms with Gasteiger partial charge < -0.3 is 15.2 Å². The number of carbonyl (C=O) groups is 1. The SMILES string of the molecule is C=C(C)[C@H](O)[C@@H]1OC[C@H](c2ccccc2)N1C(=O)Nc1ccccc1. The first-order valence-electron chi connectivity index (χ1n) is 8.22. The highest BCUT2D eigenvalue weighted by molar-refractivity contribution is 5.90. The maximum absolute atomic E-state index is 12.9. The number of rotatable bonds is 4. The summed E-state index contributed by atoms with van der Waals surface area (Å²) in [5, 5.41) is 13.3. The van der Waals surface area contributed by atoms with Crippen molar-refractivity contribution in [3.8, 4) is 0 Å². The quantitative estimate of drug-likeness (QED) is 0.838. The Morgan fingerprint density at radius 2 is 1.80 bits per heavy atom. The average Bonchev–Trinajstić information content (AvgIpc) is 3.07. The number of nitrogens with zero attached hydrogens (tertiary/aromatic N) is 1. The lowest BCUT2D eigenvalue weighted by Crippen LogP contribution is -2.46. The van der Waals surface area contributed by atoms with Crippen LogP contribution < -0.4 is 5.32 Å². The molecule has 3 atom stereocenters. The maximum Gasteiger partial charge on any atom is 0.324 e. The fraction of sp³-hybridized carbons (Fsp3) is 0.250. The third kappa shape index (κ3) is 3.73. The molecule has 3 rings (SSSR count). The number of hydrogen-bond acceptors (Lipinski definition) is 3. The van der Waals surface area contributed by atoms with Crippen molar-refractivity contribution < 1.29 is 14.6 Å². The van der Waals surface area contributed by atoms with Crippen LogP contribution in [0.25, 0.3) is 0 Å². The molecule has 5 heteroatoms. The van der Waals surface area contributed by atoms with Gasteiger partial charge in [0.05, 0.1) is 12.6 Å². The molecule has 5 nitrogen and oxygen atoms in total.